The quantitative estimate of drug-likeness (QED) is 0.509. The summed E-state index contributed by atoms with van der Waals surface area (Å²) in [7, 11) is 1.83. The van der Waals surface area contributed by atoms with Crippen molar-refractivity contribution in [2.75, 3.05) is 7.11 Å². The lowest BCUT2D eigenvalue weighted by molar-refractivity contribution is 0.0601. The van der Waals surface area contributed by atoms with Crippen molar-refractivity contribution < 1.29 is 18.9 Å². The van der Waals surface area contributed by atoms with Crippen molar-refractivity contribution in [3.63, 3.8) is 0 Å². The average Bonchev–Trinajstić information content (AvgIpc) is 2.17. The SMILES string of the molecule is COC(=O)c1ccc(F)c([B]O)c1. The summed E-state index contributed by atoms with van der Waals surface area (Å²) in [6.07, 6.45) is 0. The molecule has 1 rings (SSSR count). The standard InChI is InChI=1S/C8H7BFO3/c1-13-8(11)5-2-3-7(10)6(4-5)9-12/h2-4,12H,1H3. The predicted molar refractivity (Wildman–Crippen MR) is 45.3 cm³/mol. The molecule has 0 bridgehead atoms. The summed E-state index contributed by atoms with van der Waals surface area (Å²) in [6.45, 7) is 0. The van der Waals surface area contributed by atoms with E-state index >= 15 is 0 Å². The van der Waals surface area contributed by atoms with E-state index < -0.39 is 11.8 Å². The third-order valence-corrected chi connectivity index (χ3v) is 1.56. The van der Waals surface area contributed by atoms with Gasteiger partial charge < -0.3 is 9.76 Å². The summed E-state index contributed by atoms with van der Waals surface area (Å²) in [5.41, 5.74) is 0.159. The van der Waals surface area contributed by atoms with Crippen LogP contribution in [0.2, 0.25) is 0 Å². The van der Waals surface area contributed by atoms with Gasteiger partial charge in [0, 0.05) is 0 Å². The van der Waals surface area contributed by atoms with Crippen LogP contribution in [0.1, 0.15) is 10.4 Å². The van der Waals surface area contributed by atoms with E-state index in [0.717, 1.165) is 6.07 Å². The highest BCUT2D eigenvalue weighted by molar-refractivity contribution is 6.45. The van der Waals surface area contributed by atoms with Gasteiger partial charge in [-0.3, -0.25) is 0 Å². The second kappa shape index (κ2) is 4.05. The maximum Gasteiger partial charge on any atom is 0.337 e. The van der Waals surface area contributed by atoms with Crippen molar-refractivity contribution in [3.8, 4) is 0 Å². The average molecular weight is 181 g/mol. The van der Waals surface area contributed by atoms with Crippen molar-refractivity contribution >= 4 is 18.9 Å². The first-order chi connectivity index (χ1) is 6.19. The maximum absolute atomic E-state index is 12.8. The molecule has 1 aromatic rings. The van der Waals surface area contributed by atoms with Gasteiger partial charge in [0.2, 0.25) is 0 Å². The van der Waals surface area contributed by atoms with Crippen LogP contribution in [0.15, 0.2) is 18.2 Å². The van der Waals surface area contributed by atoms with Gasteiger partial charge in [-0.1, -0.05) is 0 Å². The molecule has 0 saturated heterocycles. The van der Waals surface area contributed by atoms with Gasteiger partial charge in [0.1, 0.15) is 5.82 Å². The van der Waals surface area contributed by atoms with E-state index in [1.807, 2.05) is 0 Å². The fraction of sp³-hybridized carbons (Fsp3) is 0.125. The van der Waals surface area contributed by atoms with Gasteiger partial charge in [0.25, 0.3) is 0 Å². The summed E-state index contributed by atoms with van der Waals surface area (Å²) >= 11 is 0. The van der Waals surface area contributed by atoms with Gasteiger partial charge in [-0.2, -0.15) is 0 Å². The molecular weight excluding hydrogens is 174 g/mol. The first kappa shape index (κ1) is 9.73. The van der Waals surface area contributed by atoms with Gasteiger partial charge in [-0.25, -0.2) is 9.18 Å². The Morgan fingerprint density at radius 1 is 1.62 bits per heavy atom. The van der Waals surface area contributed by atoms with Crippen molar-refractivity contribution in [2.45, 2.75) is 0 Å². The summed E-state index contributed by atoms with van der Waals surface area (Å²) in [5.74, 6) is -1.15. The summed E-state index contributed by atoms with van der Waals surface area (Å²) in [5, 5.41) is 8.58. The van der Waals surface area contributed by atoms with E-state index in [4.69, 9.17) is 5.02 Å². The zero-order chi connectivity index (χ0) is 9.84. The highest BCUT2D eigenvalue weighted by Crippen LogP contribution is 2.01. The Labute approximate surface area is 75.4 Å². The molecule has 0 amide bonds. The topological polar surface area (TPSA) is 46.5 Å². The first-order valence-corrected chi connectivity index (χ1v) is 3.54. The van der Waals surface area contributed by atoms with Crippen LogP contribution in [0.5, 0.6) is 0 Å². The molecule has 0 heterocycles. The Kier molecular flexibility index (Phi) is 3.03. The molecule has 0 saturated carbocycles. The molecule has 0 aliphatic rings. The number of hydrogen-bond donors (Lipinski definition) is 1. The lowest BCUT2D eigenvalue weighted by Crippen LogP contribution is -2.20. The molecule has 0 spiro atoms. The minimum Gasteiger partial charge on any atom is -0.465 e. The fourth-order valence-corrected chi connectivity index (χ4v) is 0.888. The first-order valence-electron chi connectivity index (χ1n) is 3.54. The lowest BCUT2D eigenvalue weighted by Gasteiger charge is -2.01. The molecule has 0 aromatic heterocycles. The molecule has 13 heavy (non-hydrogen) atoms. The maximum atomic E-state index is 12.8. The van der Waals surface area contributed by atoms with Crippen LogP contribution in [0.4, 0.5) is 4.39 Å². The van der Waals surface area contributed by atoms with E-state index in [-0.39, 0.29) is 11.0 Å². The molecule has 1 N–H and O–H groups in total. The van der Waals surface area contributed by atoms with Crippen molar-refractivity contribution in [2.24, 2.45) is 0 Å². The highest BCUT2D eigenvalue weighted by Gasteiger charge is 2.09. The molecule has 5 heteroatoms. The number of methoxy groups -OCH3 is 1. The predicted octanol–water partition coefficient (Wildman–Crippen LogP) is -0.151. The largest absolute Gasteiger partial charge is 0.465 e. The van der Waals surface area contributed by atoms with Crippen LogP contribution >= 0.6 is 0 Å². The highest BCUT2D eigenvalue weighted by atomic mass is 19.1. The van der Waals surface area contributed by atoms with Gasteiger partial charge in [-0.05, 0) is 23.7 Å². The number of rotatable bonds is 2. The second-order valence-corrected chi connectivity index (χ2v) is 2.36. The van der Waals surface area contributed by atoms with Crippen molar-refractivity contribution in [3.05, 3.63) is 29.6 Å². The van der Waals surface area contributed by atoms with Crippen LogP contribution in [0.25, 0.3) is 0 Å². The monoisotopic (exact) mass is 181 g/mol. The summed E-state index contributed by atoms with van der Waals surface area (Å²) in [6, 6.07) is 3.59. The molecule has 3 nitrogen and oxygen atoms in total. The number of esters is 1. The molecule has 0 atom stereocenters. The lowest BCUT2D eigenvalue weighted by atomic mass is 9.87. The van der Waals surface area contributed by atoms with E-state index in [0.29, 0.717) is 7.48 Å². The fourth-order valence-electron chi connectivity index (χ4n) is 0.888. The third-order valence-electron chi connectivity index (χ3n) is 1.56. The van der Waals surface area contributed by atoms with Crippen LogP contribution in [-0.4, -0.2) is 25.6 Å². The molecule has 0 aliphatic heterocycles. The second-order valence-electron chi connectivity index (χ2n) is 2.36. The number of carbonyl (C=O) groups excluding carboxylic acids is 1. The van der Waals surface area contributed by atoms with E-state index in [9.17, 15) is 9.18 Å². The Morgan fingerprint density at radius 3 is 2.85 bits per heavy atom. The molecule has 0 unspecified atom stereocenters. The number of benzene rings is 1. The Morgan fingerprint density at radius 2 is 2.31 bits per heavy atom. The summed E-state index contributed by atoms with van der Waals surface area (Å²) in [4.78, 5) is 11.0. The molecular formula is C8H7BFO3. The van der Waals surface area contributed by atoms with Crippen LogP contribution in [0, 0.1) is 5.82 Å². The van der Waals surface area contributed by atoms with Crippen molar-refractivity contribution in [1.82, 2.24) is 0 Å². The van der Waals surface area contributed by atoms with Crippen molar-refractivity contribution in [1.29, 1.82) is 0 Å². The normalized spacial score (nSPS) is 9.46. The minimum absolute atomic E-state index is 0.0390. The smallest absolute Gasteiger partial charge is 0.337 e. The van der Waals surface area contributed by atoms with Crippen LogP contribution in [0.3, 0.4) is 0 Å². The number of hydrogen-bond acceptors (Lipinski definition) is 3. The molecule has 0 fully saturated rings. The van der Waals surface area contributed by atoms with Gasteiger partial charge in [0.05, 0.1) is 12.7 Å². The Bertz CT molecular complexity index is 327. The van der Waals surface area contributed by atoms with E-state index in [1.54, 1.807) is 0 Å². The van der Waals surface area contributed by atoms with Gasteiger partial charge >= 0.3 is 13.5 Å². The zero-order valence-corrected chi connectivity index (χ0v) is 6.95. The Balaban J connectivity index is 3.06. The number of halogens is 1. The van der Waals surface area contributed by atoms with Crippen LogP contribution in [-0.2, 0) is 4.74 Å². The Hall–Kier alpha value is -1.36. The minimum atomic E-state index is -0.588. The molecule has 0 aliphatic carbocycles. The number of ether oxygens (including phenoxy) is 1. The number of carbonyl (C=O) groups is 1. The summed E-state index contributed by atoms with van der Waals surface area (Å²) < 4.78 is 17.2. The van der Waals surface area contributed by atoms with Gasteiger partial charge in [0.15, 0.2) is 0 Å². The van der Waals surface area contributed by atoms with E-state index in [1.165, 1.54) is 19.2 Å². The zero-order valence-electron chi connectivity index (χ0n) is 6.95. The van der Waals surface area contributed by atoms with Gasteiger partial charge in [-0.15, -0.1) is 0 Å². The molecule has 1 radical (unpaired) electrons. The van der Waals surface area contributed by atoms with E-state index in [2.05, 4.69) is 4.74 Å². The molecule has 1 aromatic carbocycles. The third kappa shape index (κ3) is 2.06. The molecule has 67 valence electrons. The van der Waals surface area contributed by atoms with Crippen LogP contribution < -0.4 is 5.46 Å².